The summed E-state index contributed by atoms with van der Waals surface area (Å²) in [4.78, 5) is 10.8. The predicted octanol–water partition coefficient (Wildman–Crippen LogP) is 0.951. The number of hydrazone groups is 1. The van der Waals surface area contributed by atoms with Gasteiger partial charge in [0.1, 0.15) is 5.82 Å². The highest BCUT2D eigenvalue weighted by molar-refractivity contribution is 7.80. The van der Waals surface area contributed by atoms with Gasteiger partial charge in [-0.25, -0.2) is 4.39 Å². The topological polar surface area (TPSA) is 79.5 Å². The van der Waals surface area contributed by atoms with E-state index in [0.717, 1.165) is 0 Å². The van der Waals surface area contributed by atoms with Crippen molar-refractivity contribution in [2.24, 2.45) is 10.8 Å². The van der Waals surface area contributed by atoms with Gasteiger partial charge < -0.3 is 11.1 Å². The molecule has 17 heavy (non-hydrogen) atoms. The molecule has 0 radical (unpaired) electrons. The van der Waals surface area contributed by atoms with E-state index in [4.69, 9.17) is 5.73 Å². The molecular formula is C10H11FN4OS. The first-order valence-electron chi connectivity index (χ1n) is 4.64. The van der Waals surface area contributed by atoms with Crippen LogP contribution in [0.2, 0.25) is 0 Å². The van der Waals surface area contributed by atoms with Crippen LogP contribution in [0.3, 0.4) is 0 Å². The van der Waals surface area contributed by atoms with Gasteiger partial charge in [-0.05, 0) is 30.4 Å². The number of halogens is 1. The average Bonchev–Trinajstić information content (AvgIpc) is 2.20. The van der Waals surface area contributed by atoms with Crippen LogP contribution in [0.4, 0.5) is 10.1 Å². The molecule has 5 nitrogen and oxygen atoms in total. The number of hydrogen-bond acceptors (Lipinski definition) is 3. The van der Waals surface area contributed by atoms with Crippen molar-refractivity contribution >= 4 is 35.1 Å². The van der Waals surface area contributed by atoms with Gasteiger partial charge in [0.2, 0.25) is 5.91 Å². The molecule has 1 rings (SSSR count). The van der Waals surface area contributed by atoms with Gasteiger partial charge in [-0.1, -0.05) is 0 Å². The maximum Gasteiger partial charge on any atom is 0.221 e. The third-order valence-electron chi connectivity index (χ3n) is 1.70. The molecule has 0 fully saturated rings. The lowest BCUT2D eigenvalue weighted by atomic mass is 10.2. The van der Waals surface area contributed by atoms with Crippen molar-refractivity contribution in [3.63, 3.8) is 0 Å². The first-order valence-corrected chi connectivity index (χ1v) is 5.05. The lowest BCUT2D eigenvalue weighted by molar-refractivity contribution is -0.114. The first-order chi connectivity index (χ1) is 7.99. The van der Waals surface area contributed by atoms with E-state index in [0.29, 0.717) is 5.69 Å². The van der Waals surface area contributed by atoms with Gasteiger partial charge in [0, 0.05) is 18.2 Å². The van der Waals surface area contributed by atoms with E-state index in [2.05, 4.69) is 28.1 Å². The zero-order valence-corrected chi connectivity index (χ0v) is 9.84. The second-order valence-corrected chi connectivity index (χ2v) is 3.59. The first kappa shape index (κ1) is 13.0. The van der Waals surface area contributed by atoms with Crippen molar-refractivity contribution in [1.82, 2.24) is 5.43 Å². The number of nitrogens with two attached hydrogens (primary N) is 1. The minimum atomic E-state index is -0.510. The molecule has 1 aromatic carbocycles. The van der Waals surface area contributed by atoms with Crippen molar-refractivity contribution < 1.29 is 9.18 Å². The van der Waals surface area contributed by atoms with Crippen LogP contribution < -0.4 is 16.5 Å². The Balaban J connectivity index is 2.79. The molecular weight excluding hydrogens is 243 g/mol. The molecule has 0 heterocycles. The molecule has 7 heteroatoms. The Morgan fingerprint density at radius 1 is 1.59 bits per heavy atom. The van der Waals surface area contributed by atoms with Crippen molar-refractivity contribution in [2.45, 2.75) is 6.92 Å². The summed E-state index contributed by atoms with van der Waals surface area (Å²) in [5.74, 6) is -0.772. The molecule has 0 atom stereocenters. The third-order valence-corrected chi connectivity index (χ3v) is 1.79. The Hall–Kier alpha value is -2.02. The highest BCUT2D eigenvalue weighted by Gasteiger charge is 2.02. The van der Waals surface area contributed by atoms with E-state index in [1.165, 1.54) is 25.3 Å². The number of hydrogen-bond donors (Lipinski definition) is 3. The Morgan fingerprint density at radius 3 is 2.82 bits per heavy atom. The lowest BCUT2D eigenvalue weighted by Crippen LogP contribution is -2.24. The molecule has 4 N–H and O–H groups in total. The smallest absolute Gasteiger partial charge is 0.221 e. The predicted molar refractivity (Wildman–Crippen MR) is 68.2 cm³/mol. The van der Waals surface area contributed by atoms with E-state index < -0.39 is 5.82 Å². The summed E-state index contributed by atoms with van der Waals surface area (Å²) in [5.41, 5.74) is 8.09. The number of nitrogens with zero attached hydrogens (tertiary/aromatic N) is 1. The molecule has 0 saturated heterocycles. The number of amides is 1. The van der Waals surface area contributed by atoms with Gasteiger partial charge in [0.15, 0.2) is 5.11 Å². The number of benzene rings is 1. The highest BCUT2D eigenvalue weighted by Crippen LogP contribution is 2.12. The molecule has 0 saturated carbocycles. The van der Waals surface area contributed by atoms with Crippen LogP contribution in [0.1, 0.15) is 12.5 Å². The molecule has 1 aromatic rings. The fourth-order valence-electron chi connectivity index (χ4n) is 1.08. The molecule has 1 amide bonds. The van der Waals surface area contributed by atoms with Crippen molar-refractivity contribution in [1.29, 1.82) is 0 Å². The standard InChI is InChI=1S/C10H11FN4OS/c1-6(16)14-8-3-2-7(9(11)4-8)5-13-15-10(12)17/h2-5H,1H3,(H,14,16)(H3,12,15,17). The maximum absolute atomic E-state index is 13.5. The maximum atomic E-state index is 13.5. The van der Waals surface area contributed by atoms with Crippen molar-refractivity contribution in [3.05, 3.63) is 29.6 Å². The molecule has 0 aromatic heterocycles. The summed E-state index contributed by atoms with van der Waals surface area (Å²) >= 11 is 4.52. The zero-order valence-electron chi connectivity index (χ0n) is 9.03. The Kier molecular flexibility index (Phi) is 4.53. The molecule has 90 valence electrons. The second kappa shape index (κ2) is 5.90. The summed E-state index contributed by atoms with van der Waals surface area (Å²) < 4.78 is 13.5. The normalized spacial score (nSPS) is 10.2. The van der Waals surface area contributed by atoms with Crippen molar-refractivity contribution in [3.8, 4) is 0 Å². The van der Waals surface area contributed by atoms with Gasteiger partial charge in [-0.2, -0.15) is 5.10 Å². The van der Waals surface area contributed by atoms with Gasteiger partial charge in [0.25, 0.3) is 0 Å². The van der Waals surface area contributed by atoms with Gasteiger partial charge in [0.05, 0.1) is 6.21 Å². The van der Waals surface area contributed by atoms with Crippen molar-refractivity contribution in [2.75, 3.05) is 5.32 Å². The number of anilines is 1. The Morgan fingerprint density at radius 2 is 2.29 bits per heavy atom. The summed E-state index contributed by atoms with van der Waals surface area (Å²) in [6, 6.07) is 4.24. The third kappa shape index (κ3) is 4.56. The number of nitrogens with one attached hydrogen (secondary N) is 2. The van der Waals surface area contributed by atoms with Crippen LogP contribution >= 0.6 is 12.2 Å². The number of rotatable bonds is 3. The summed E-state index contributed by atoms with van der Waals surface area (Å²) in [7, 11) is 0. The highest BCUT2D eigenvalue weighted by atomic mass is 32.1. The van der Waals surface area contributed by atoms with Gasteiger partial charge >= 0.3 is 0 Å². The minimum absolute atomic E-state index is 0.00322. The largest absolute Gasteiger partial charge is 0.375 e. The van der Waals surface area contributed by atoms with Gasteiger partial charge in [-0.3, -0.25) is 10.2 Å². The summed E-state index contributed by atoms with van der Waals surface area (Å²) in [6.45, 7) is 1.35. The molecule has 0 aliphatic rings. The quantitative estimate of drug-likeness (QED) is 0.426. The molecule has 0 spiro atoms. The van der Waals surface area contributed by atoms with Crippen LogP contribution in [0, 0.1) is 5.82 Å². The van der Waals surface area contributed by atoms with Crippen LogP contribution in [0.15, 0.2) is 23.3 Å². The van der Waals surface area contributed by atoms with E-state index in [1.54, 1.807) is 6.07 Å². The number of carbonyl (C=O) groups is 1. The van der Waals surface area contributed by atoms with E-state index in [1.807, 2.05) is 0 Å². The van der Waals surface area contributed by atoms with Crippen LogP contribution in [-0.2, 0) is 4.79 Å². The summed E-state index contributed by atoms with van der Waals surface area (Å²) in [5, 5.41) is 6.09. The Bertz CT molecular complexity index is 475. The van der Waals surface area contributed by atoms with Crippen LogP contribution in [-0.4, -0.2) is 17.2 Å². The van der Waals surface area contributed by atoms with E-state index in [9.17, 15) is 9.18 Å². The zero-order chi connectivity index (χ0) is 12.8. The molecule has 0 aliphatic heterocycles. The second-order valence-electron chi connectivity index (χ2n) is 3.15. The summed E-state index contributed by atoms with van der Waals surface area (Å²) in [6.07, 6.45) is 1.24. The van der Waals surface area contributed by atoms with Gasteiger partial charge in [-0.15, -0.1) is 0 Å². The van der Waals surface area contributed by atoms with Crippen LogP contribution in [0.5, 0.6) is 0 Å². The number of carbonyl (C=O) groups excluding carboxylic acids is 1. The molecule has 0 bridgehead atoms. The fraction of sp³-hybridized carbons (Fsp3) is 0.100. The Labute approximate surface area is 103 Å². The minimum Gasteiger partial charge on any atom is -0.375 e. The SMILES string of the molecule is CC(=O)Nc1ccc(C=NNC(N)=S)c(F)c1. The number of thiocarbonyl (C=S) groups is 1. The van der Waals surface area contributed by atoms with E-state index >= 15 is 0 Å². The lowest BCUT2D eigenvalue weighted by Gasteiger charge is -2.03. The fourth-order valence-corrected chi connectivity index (χ4v) is 1.13. The monoisotopic (exact) mass is 254 g/mol. The average molecular weight is 254 g/mol. The molecule has 0 aliphatic carbocycles. The van der Waals surface area contributed by atoms with E-state index in [-0.39, 0.29) is 16.6 Å². The molecule has 0 unspecified atom stereocenters. The van der Waals surface area contributed by atoms with Crippen LogP contribution in [0.25, 0.3) is 0 Å².